The van der Waals surface area contributed by atoms with E-state index < -0.39 is 20.5 Å². The molecule has 0 N–H and O–H groups in total. The average molecular weight is 1290 g/mol. The molecule has 9 aromatic rings. The van der Waals surface area contributed by atoms with E-state index in [1.54, 1.807) is 0 Å². The highest BCUT2D eigenvalue weighted by molar-refractivity contribution is 6.04. The van der Waals surface area contributed by atoms with E-state index in [2.05, 4.69) is 340 Å². The summed E-state index contributed by atoms with van der Waals surface area (Å²) in [6, 6.07) is 89.7. The van der Waals surface area contributed by atoms with E-state index in [1.807, 2.05) is 0 Å². The minimum atomic E-state index is -4.94. The molecule has 0 amide bonds. The Balaban J connectivity index is 0.000000840. The first-order chi connectivity index (χ1) is 44.9. The Morgan fingerprint density at radius 2 is 0.574 bits per heavy atom. The minimum absolute atomic E-state index is 0.205. The van der Waals surface area contributed by atoms with Crippen LogP contribution in [0.4, 0.5) is 22.7 Å². The molecule has 13 rings (SSSR count). The molecule has 0 saturated carbocycles. The lowest BCUT2D eigenvalue weighted by atomic mass is 9.74. The van der Waals surface area contributed by atoms with Crippen molar-refractivity contribution >= 4 is 34.2 Å². The van der Waals surface area contributed by atoms with Gasteiger partial charge in [0.05, 0.1) is 10.8 Å². The van der Waals surface area contributed by atoms with Gasteiger partial charge in [0.1, 0.15) is 14.1 Å². The van der Waals surface area contributed by atoms with E-state index in [-0.39, 0.29) is 21.7 Å². The second-order valence-electron chi connectivity index (χ2n) is 25.5. The first-order valence-corrected chi connectivity index (χ1v) is 33.8. The van der Waals surface area contributed by atoms with Crippen molar-refractivity contribution in [1.29, 1.82) is 0 Å². The summed E-state index contributed by atoms with van der Waals surface area (Å²) < 4.78 is 72.8. The summed E-state index contributed by atoms with van der Waals surface area (Å²) in [5.74, 6) is 0. The zero-order valence-corrected chi connectivity index (χ0v) is 55.1. The molecule has 9 aromatic carbocycles. The fourth-order valence-corrected chi connectivity index (χ4v) is 15.0. The summed E-state index contributed by atoms with van der Waals surface area (Å²) in [5.41, 5.74) is 22.7. The molecule has 4 atom stereocenters. The van der Waals surface area contributed by atoms with Crippen molar-refractivity contribution < 1.29 is 66.9 Å². The Bertz CT molecular complexity index is 4070. The average Bonchev–Trinajstić information content (AvgIpc) is 1.61. The van der Waals surface area contributed by atoms with Gasteiger partial charge in [-0.15, -0.1) is 20.5 Å². The Labute approximate surface area is 556 Å². The van der Waals surface area contributed by atoms with E-state index in [9.17, 15) is 0 Å². The van der Waals surface area contributed by atoms with Crippen molar-refractivity contribution in [3.63, 3.8) is 0 Å². The number of halogens is 2. The summed E-state index contributed by atoms with van der Waals surface area (Å²) >= 11 is 0. The van der Waals surface area contributed by atoms with Gasteiger partial charge >= 0.3 is 0 Å². The summed E-state index contributed by atoms with van der Waals surface area (Å²) in [4.78, 5) is 5.20. The number of hydrogen-bond acceptors (Lipinski definition) is 10. The van der Waals surface area contributed by atoms with Crippen LogP contribution in [0.2, 0.25) is 0 Å². The standard InChI is InChI=1S/C80H76N4.2ClHO4/c1-77(53-59-29-11-7-12-30-59)65-37-19-23-41-69(65)81(5)73(77)45-27-47-75-79(3,55-61-33-15-9-16-34-61)67-39-21-25-43-71(67)83(75)57-63-49-51-64(52-50-63)58-84-72-44-26-22-40-68(72)80(4,56-62-35-17-10-18-36-62)76(84)48-28-46-74-78(2,54-60-31-13-8-14-32-60)66-38-20-24-42-70(66)82(74)6;2*2-1(3,4)5/h7-52H,53-58H2,1-6H3;2*(H,2,3,4,5)/q+2;;/p-2. The molecule has 94 heavy (non-hydrogen) atoms. The van der Waals surface area contributed by atoms with Crippen molar-refractivity contribution in [2.75, 3.05) is 23.9 Å². The molecule has 4 heterocycles. The van der Waals surface area contributed by atoms with Gasteiger partial charge in [0, 0.05) is 82.1 Å². The highest BCUT2D eigenvalue weighted by Crippen LogP contribution is 2.53. The van der Waals surface area contributed by atoms with Crippen LogP contribution in [0.1, 0.15) is 83.3 Å². The number of benzene rings is 9. The van der Waals surface area contributed by atoms with E-state index in [0.29, 0.717) is 0 Å². The van der Waals surface area contributed by atoms with Crippen LogP contribution in [0.15, 0.2) is 291 Å². The van der Waals surface area contributed by atoms with Crippen molar-refractivity contribution in [2.24, 2.45) is 0 Å². The molecule has 0 radical (unpaired) electrons. The maximum Gasteiger partial charge on any atom is 0.209 e. The number of nitrogens with zero attached hydrogens (tertiary/aromatic N) is 4. The van der Waals surface area contributed by atoms with Crippen LogP contribution >= 0.6 is 0 Å². The highest BCUT2D eigenvalue weighted by Gasteiger charge is 2.49. The molecule has 0 fully saturated rings. The Hall–Kier alpha value is -8.86. The van der Waals surface area contributed by atoms with Gasteiger partial charge in [-0.1, -0.05) is 231 Å². The predicted octanol–water partition coefficient (Wildman–Crippen LogP) is 7.95. The van der Waals surface area contributed by atoms with Gasteiger partial charge in [-0.2, -0.15) is 9.15 Å². The van der Waals surface area contributed by atoms with Gasteiger partial charge < -0.3 is 9.80 Å². The number of hydrogen-bond donors (Lipinski definition) is 0. The number of fused-ring (bicyclic) bond motifs is 4. The first-order valence-electron chi connectivity index (χ1n) is 31.3. The summed E-state index contributed by atoms with van der Waals surface area (Å²) in [7, 11) is -5.42. The lowest BCUT2D eigenvalue weighted by Gasteiger charge is -2.31. The van der Waals surface area contributed by atoms with Crippen LogP contribution in [-0.4, -0.2) is 34.7 Å². The van der Waals surface area contributed by atoms with Crippen molar-refractivity contribution in [3.8, 4) is 0 Å². The first kappa shape index (κ1) is 66.6. The zero-order valence-electron chi connectivity index (χ0n) is 53.6. The Kier molecular flexibility index (Phi) is 19.6. The molecule has 0 aromatic heterocycles. The quantitative estimate of drug-likeness (QED) is 0.0857. The molecular formula is C80H76Cl2N4O8. The number of para-hydroxylation sites is 4. The fourth-order valence-electron chi connectivity index (χ4n) is 15.0. The number of anilines is 2. The van der Waals surface area contributed by atoms with Crippen molar-refractivity contribution in [3.05, 3.63) is 346 Å². The summed E-state index contributed by atoms with van der Waals surface area (Å²) in [6.45, 7) is 11.2. The van der Waals surface area contributed by atoms with Crippen LogP contribution in [0.25, 0.3) is 0 Å². The van der Waals surface area contributed by atoms with Crippen LogP contribution in [0.5, 0.6) is 0 Å². The fraction of sp³-hybridized carbons (Fsp3) is 0.200. The van der Waals surface area contributed by atoms with E-state index in [0.717, 1.165) is 38.8 Å². The SMILES string of the molecule is C[N+]1=C(C=CC=C2N(Cc3ccc(CN4C(=CC=CC5=[N+](C)c6ccccc6C5(C)Cc5ccccc5)C(C)(Cc5ccccc5)c5ccccc54)cc3)c3ccccc3C2(C)Cc2ccccc2)C(C)(Cc2ccccc2)c2ccccc21.[O-][Cl+3]([O-])([O-])[O-].[O-][Cl+3]([O-])([O-])[O-]. The summed E-state index contributed by atoms with van der Waals surface area (Å²) in [5, 5.41) is 0. The third-order valence-electron chi connectivity index (χ3n) is 19.2. The van der Waals surface area contributed by atoms with Crippen LogP contribution in [0, 0.1) is 20.5 Å². The van der Waals surface area contributed by atoms with Gasteiger partial charge in [-0.25, -0.2) is 37.3 Å². The van der Waals surface area contributed by atoms with Gasteiger partial charge in [0.2, 0.25) is 11.4 Å². The maximum absolute atomic E-state index is 8.49. The van der Waals surface area contributed by atoms with Crippen molar-refractivity contribution in [2.45, 2.75) is 88.1 Å². The summed E-state index contributed by atoms with van der Waals surface area (Å²) in [6.07, 6.45) is 17.9. The largest absolute Gasteiger partial charge is 0.340 e. The molecule has 4 unspecified atom stereocenters. The van der Waals surface area contributed by atoms with Crippen LogP contribution in [0.3, 0.4) is 0 Å². The number of allylic oxidation sites excluding steroid dienone is 8. The van der Waals surface area contributed by atoms with Crippen LogP contribution < -0.4 is 47.1 Å². The lowest BCUT2D eigenvalue weighted by molar-refractivity contribution is -2.00. The highest BCUT2D eigenvalue weighted by atomic mass is 35.7. The Morgan fingerprint density at radius 3 is 0.883 bits per heavy atom. The molecule has 4 aliphatic rings. The molecule has 4 aliphatic heterocycles. The zero-order chi connectivity index (χ0) is 66.5. The van der Waals surface area contributed by atoms with E-state index >= 15 is 0 Å². The van der Waals surface area contributed by atoms with Gasteiger partial charge in [0.25, 0.3) is 0 Å². The van der Waals surface area contributed by atoms with Crippen molar-refractivity contribution in [1.82, 2.24) is 0 Å². The molecule has 0 saturated heterocycles. The molecule has 0 aliphatic carbocycles. The van der Waals surface area contributed by atoms with E-state index in [4.69, 9.17) is 37.3 Å². The van der Waals surface area contributed by atoms with E-state index in [1.165, 1.54) is 101 Å². The van der Waals surface area contributed by atoms with Gasteiger partial charge in [-0.3, -0.25) is 0 Å². The van der Waals surface area contributed by atoms with Gasteiger partial charge in [0.15, 0.2) is 11.4 Å². The second-order valence-corrected chi connectivity index (χ2v) is 27.0. The second kappa shape index (κ2) is 27.6. The topological polar surface area (TPSA) is 197 Å². The predicted molar refractivity (Wildman–Crippen MR) is 351 cm³/mol. The van der Waals surface area contributed by atoms with Crippen LogP contribution in [-0.2, 0) is 60.4 Å². The lowest BCUT2D eigenvalue weighted by Crippen LogP contribution is -2.68. The normalized spacial score (nSPS) is 21.3. The molecule has 0 spiro atoms. The number of rotatable bonds is 16. The Morgan fingerprint density at radius 1 is 0.319 bits per heavy atom. The third-order valence-corrected chi connectivity index (χ3v) is 19.2. The molecule has 0 bridgehead atoms. The molecule has 12 nitrogen and oxygen atoms in total. The third kappa shape index (κ3) is 14.4. The minimum Gasteiger partial charge on any atom is -0.340 e. The molecule has 478 valence electrons. The monoisotopic (exact) mass is 1290 g/mol. The maximum atomic E-state index is 8.49. The smallest absolute Gasteiger partial charge is 0.209 e. The molecular weight excluding hydrogens is 1220 g/mol. The van der Waals surface area contributed by atoms with Gasteiger partial charge in [-0.05, 0) is 122 Å². The molecule has 14 heteroatoms.